The molecule has 2 unspecified atom stereocenters. The predicted octanol–water partition coefficient (Wildman–Crippen LogP) is 4.37. The fourth-order valence-corrected chi connectivity index (χ4v) is 6.72. The first kappa shape index (κ1) is 13.4. The molecule has 1 saturated carbocycles. The number of hydrogen-bond donors (Lipinski definition) is 0. The van der Waals surface area contributed by atoms with E-state index in [9.17, 15) is 4.79 Å². The number of carbonyl (C=O) groups is 1. The maximum atomic E-state index is 13.0. The molecule has 0 aromatic rings. The fraction of sp³-hybridized carbons (Fsp3) is 0.706. The monoisotopic (exact) mass is 274 g/mol. The molecule has 0 aromatic carbocycles. The molecule has 0 aromatic heterocycles. The molecule has 1 fully saturated rings. The van der Waals surface area contributed by atoms with Crippen LogP contribution in [0.25, 0.3) is 0 Å². The number of Topliss-reactive ketones (excluding diaryl/α,β-unsaturated/α-hetero) is 1. The van der Waals surface area contributed by atoms with Crippen molar-refractivity contribution in [3.63, 3.8) is 0 Å². The van der Waals surface area contributed by atoms with Crippen LogP contribution in [0.2, 0.25) is 19.6 Å². The van der Waals surface area contributed by atoms with Crippen LogP contribution in [0.15, 0.2) is 22.4 Å². The summed E-state index contributed by atoms with van der Waals surface area (Å²) < 4.78 is 0. The second-order valence-electron chi connectivity index (χ2n) is 8.46. The Morgan fingerprint density at radius 2 is 1.63 bits per heavy atom. The maximum absolute atomic E-state index is 13.0. The summed E-state index contributed by atoms with van der Waals surface area (Å²) in [4.78, 5) is 13.0. The number of hydrogen-bond acceptors (Lipinski definition) is 1. The van der Waals surface area contributed by atoms with Gasteiger partial charge in [-0.2, -0.15) is 0 Å². The quantitative estimate of drug-likeness (QED) is 0.512. The topological polar surface area (TPSA) is 17.1 Å². The van der Waals surface area contributed by atoms with Gasteiger partial charge in [0.2, 0.25) is 0 Å². The standard InChI is InChI=1S/C17H26OSi/c1-10-11(2)17(4)9-16(10,3)12-8-13(19(5,6)7)15(18)14(12)17/h8,12,14H,9H2,1-7H3/t12-,14-,16?,17?/m1/s1. The van der Waals surface area contributed by atoms with Crippen LogP contribution < -0.4 is 0 Å². The number of carbonyl (C=O) groups excluding carboxylic acids is 1. The van der Waals surface area contributed by atoms with Crippen molar-refractivity contribution in [1.29, 1.82) is 0 Å². The Morgan fingerprint density at radius 1 is 1.11 bits per heavy atom. The van der Waals surface area contributed by atoms with Crippen molar-refractivity contribution in [2.75, 3.05) is 0 Å². The van der Waals surface area contributed by atoms with Gasteiger partial charge >= 0.3 is 0 Å². The molecule has 3 aliphatic rings. The van der Waals surface area contributed by atoms with E-state index in [-0.39, 0.29) is 16.7 Å². The minimum absolute atomic E-state index is 0.123. The van der Waals surface area contributed by atoms with Gasteiger partial charge in [0.05, 0.1) is 8.07 Å². The lowest BCUT2D eigenvalue weighted by Crippen LogP contribution is -2.37. The van der Waals surface area contributed by atoms with Crippen molar-refractivity contribution in [2.24, 2.45) is 22.7 Å². The van der Waals surface area contributed by atoms with Crippen molar-refractivity contribution in [3.8, 4) is 0 Å². The van der Waals surface area contributed by atoms with Crippen LogP contribution in [0.3, 0.4) is 0 Å². The van der Waals surface area contributed by atoms with Gasteiger partial charge in [-0.05, 0) is 42.2 Å². The first-order chi connectivity index (χ1) is 8.53. The highest BCUT2D eigenvalue weighted by Crippen LogP contribution is 2.71. The van der Waals surface area contributed by atoms with E-state index >= 15 is 0 Å². The van der Waals surface area contributed by atoms with Gasteiger partial charge in [-0.25, -0.2) is 0 Å². The van der Waals surface area contributed by atoms with Crippen molar-refractivity contribution < 1.29 is 4.79 Å². The maximum Gasteiger partial charge on any atom is 0.159 e. The molecular formula is C17H26OSi. The van der Waals surface area contributed by atoms with Crippen LogP contribution in [0.4, 0.5) is 0 Å². The zero-order valence-electron chi connectivity index (χ0n) is 13.3. The molecular weight excluding hydrogens is 248 g/mol. The molecule has 1 nitrogen and oxygen atoms in total. The molecule has 104 valence electrons. The largest absolute Gasteiger partial charge is 0.295 e. The smallest absolute Gasteiger partial charge is 0.159 e. The Labute approximate surface area is 118 Å². The van der Waals surface area contributed by atoms with Crippen LogP contribution in [0, 0.1) is 22.7 Å². The van der Waals surface area contributed by atoms with Crippen molar-refractivity contribution in [1.82, 2.24) is 0 Å². The van der Waals surface area contributed by atoms with E-state index in [1.54, 1.807) is 5.57 Å². The van der Waals surface area contributed by atoms with E-state index in [2.05, 4.69) is 53.4 Å². The molecule has 0 saturated heterocycles. The molecule has 0 spiro atoms. The fourth-order valence-electron chi connectivity index (χ4n) is 5.14. The SMILES string of the molecule is CC1=C(C)C2(C)CC1(C)[C@@H]1C=C([Si](C)(C)C)C(=O)[C@@H]12. The third-order valence-electron chi connectivity index (χ3n) is 6.49. The van der Waals surface area contributed by atoms with Crippen molar-refractivity contribution in [2.45, 2.75) is 53.8 Å². The van der Waals surface area contributed by atoms with Crippen LogP contribution in [0.5, 0.6) is 0 Å². The lowest BCUT2D eigenvalue weighted by atomic mass is 9.66. The highest BCUT2D eigenvalue weighted by molar-refractivity contribution is 6.87. The molecule has 0 amide bonds. The van der Waals surface area contributed by atoms with Gasteiger partial charge < -0.3 is 0 Å². The molecule has 2 heteroatoms. The lowest BCUT2D eigenvalue weighted by Gasteiger charge is -2.36. The number of fused-ring (bicyclic) bond motifs is 5. The summed E-state index contributed by atoms with van der Waals surface area (Å²) >= 11 is 0. The van der Waals surface area contributed by atoms with E-state index in [4.69, 9.17) is 0 Å². The minimum Gasteiger partial charge on any atom is -0.295 e. The van der Waals surface area contributed by atoms with Gasteiger partial charge in [-0.15, -0.1) is 0 Å². The molecule has 19 heavy (non-hydrogen) atoms. The van der Waals surface area contributed by atoms with E-state index in [0.717, 1.165) is 0 Å². The molecule has 3 aliphatic carbocycles. The molecule has 0 heterocycles. The summed E-state index contributed by atoms with van der Waals surface area (Å²) in [7, 11) is -1.50. The predicted molar refractivity (Wildman–Crippen MR) is 82.6 cm³/mol. The molecule has 0 radical (unpaired) electrons. The van der Waals surface area contributed by atoms with E-state index in [1.807, 2.05) is 0 Å². The molecule has 0 N–H and O–H groups in total. The van der Waals surface area contributed by atoms with Crippen molar-refractivity contribution in [3.05, 3.63) is 22.4 Å². The molecule has 0 aliphatic heterocycles. The van der Waals surface area contributed by atoms with Crippen LogP contribution >= 0.6 is 0 Å². The Hall–Kier alpha value is -0.633. The van der Waals surface area contributed by atoms with E-state index < -0.39 is 8.07 Å². The summed E-state index contributed by atoms with van der Waals surface area (Å²) in [6.45, 7) is 16.2. The highest BCUT2D eigenvalue weighted by Gasteiger charge is 2.67. The number of rotatable bonds is 1. The summed E-state index contributed by atoms with van der Waals surface area (Å²) in [6, 6.07) is 0. The Bertz CT molecular complexity index is 548. The Balaban J connectivity index is 2.16. The zero-order chi connectivity index (χ0) is 14.4. The third-order valence-corrected chi connectivity index (χ3v) is 8.52. The third kappa shape index (κ3) is 1.34. The minimum atomic E-state index is -1.50. The molecule has 4 atom stereocenters. The van der Waals surface area contributed by atoms with Crippen molar-refractivity contribution >= 4 is 13.9 Å². The van der Waals surface area contributed by atoms with Crippen LogP contribution in [-0.4, -0.2) is 13.9 Å². The number of ketones is 1. The Morgan fingerprint density at radius 3 is 2.16 bits per heavy atom. The highest BCUT2D eigenvalue weighted by atomic mass is 28.3. The van der Waals surface area contributed by atoms with E-state index in [0.29, 0.717) is 11.7 Å². The summed E-state index contributed by atoms with van der Waals surface area (Å²) in [5.41, 5.74) is 3.41. The molecule has 2 bridgehead atoms. The van der Waals surface area contributed by atoms with Gasteiger partial charge in [0.15, 0.2) is 5.78 Å². The lowest BCUT2D eigenvalue weighted by molar-refractivity contribution is -0.120. The summed E-state index contributed by atoms with van der Waals surface area (Å²) in [5, 5.41) is 1.21. The Kier molecular flexibility index (Phi) is 2.34. The summed E-state index contributed by atoms with van der Waals surface area (Å²) in [6.07, 6.45) is 3.56. The average Bonchev–Trinajstić information content (AvgIpc) is 2.79. The van der Waals surface area contributed by atoms with Gasteiger partial charge in [0, 0.05) is 5.92 Å². The first-order valence-electron chi connectivity index (χ1n) is 7.48. The zero-order valence-corrected chi connectivity index (χ0v) is 14.3. The first-order valence-corrected chi connectivity index (χ1v) is 11.0. The van der Waals surface area contributed by atoms with Gasteiger partial charge in [-0.1, -0.05) is 50.7 Å². The second kappa shape index (κ2) is 3.33. The van der Waals surface area contributed by atoms with Gasteiger partial charge in [-0.3, -0.25) is 4.79 Å². The number of allylic oxidation sites excluding steroid dienone is 4. The van der Waals surface area contributed by atoms with Crippen LogP contribution in [-0.2, 0) is 4.79 Å². The normalized spacial score (nSPS) is 45.0. The molecule has 3 rings (SSSR count). The average molecular weight is 274 g/mol. The second-order valence-corrected chi connectivity index (χ2v) is 13.5. The van der Waals surface area contributed by atoms with Crippen LogP contribution in [0.1, 0.15) is 34.1 Å². The van der Waals surface area contributed by atoms with Gasteiger partial charge in [0.1, 0.15) is 0 Å². The van der Waals surface area contributed by atoms with E-state index in [1.165, 1.54) is 17.2 Å². The summed E-state index contributed by atoms with van der Waals surface area (Å²) in [5.74, 6) is 1.19. The van der Waals surface area contributed by atoms with Gasteiger partial charge in [0.25, 0.3) is 0 Å².